The SMILES string of the molecule is CC1(C)CCC[C@]2(C)[C@@H]3C[C@](C)(C=O)[C@@H](C[C@H](O)c4ccoc4)[C@@]3(C)CC[C@@H]12. The largest absolute Gasteiger partial charge is 0.472 e. The molecule has 1 heterocycles. The smallest absolute Gasteiger partial charge is 0.126 e. The Bertz CT molecular complexity index is 722. The van der Waals surface area contributed by atoms with Crippen LogP contribution in [0.3, 0.4) is 0 Å². The predicted octanol–water partition coefficient (Wildman–Crippen LogP) is 6.18. The first-order chi connectivity index (χ1) is 13.1. The molecular formula is C25H38O3. The van der Waals surface area contributed by atoms with Crippen LogP contribution in [0.15, 0.2) is 23.0 Å². The molecule has 3 fully saturated rings. The molecule has 0 spiro atoms. The van der Waals surface area contributed by atoms with Crippen LogP contribution in [-0.4, -0.2) is 11.4 Å². The molecule has 28 heavy (non-hydrogen) atoms. The number of aliphatic hydroxyl groups excluding tert-OH is 1. The van der Waals surface area contributed by atoms with Crippen LogP contribution < -0.4 is 0 Å². The molecule has 3 aliphatic rings. The number of rotatable bonds is 4. The standard InChI is InChI=1S/C25H38O3/c1-22(2)9-6-10-24(4)19(22)7-11-25(5)20(23(3,16-26)14-21(24)25)13-18(27)17-8-12-28-15-17/h8,12,15-16,18-21,27H,6-7,9-11,13-14H2,1-5H3/t18-,19-,20+,21-,23+,24-,25+/m0/s1. The summed E-state index contributed by atoms with van der Waals surface area (Å²) in [7, 11) is 0. The molecule has 3 aliphatic carbocycles. The normalized spacial score (nSPS) is 45.9. The molecule has 0 aromatic carbocycles. The molecule has 0 aliphatic heterocycles. The van der Waals surface area contributed by atoms with Gasteiger partial charge in [-0.25, -0.2) is 0 Å². The summed E-state index contributed by atoms with van der Waals surface area (Å²) in [6, 6.07) is 1.85. The zero-order chi connectivity index (χ0) is 20.4. The predicted molar refractivity (Wildman–Crippen MR) is 111 cm³/mol. The van der Waals surface area contributed by atoms with Gasteiger partial charge in [0.15, 0.2) is 0 Å². The zero-order valence-electron chi connectivity index (χ0n) is 18.3. The maximum absolute atomic E-state index is 12.4. The summed E-state index contributed by atoms with van der Waals surface area (Å²) in [6.07, 6.45) is 11.9. The van der Waals surface area contributed by atoms with Gasteiger partial charge in [-0.1, -0.05) is 41.0 Å². The molecule has 0 saturated heterocycles. The van der Waals surface area contributed by atoms with E-state index in [2.05, 4.69) is 34.6 Å². The van der Waals surface area contributed by atoms with E-state index in [9.17, 15) is 9.90 Å². The molecule has 0 bridgehead atoms. The molecule has 7 atom stereocenters. The average Bonchev–Trinajstić information content (AvgIpc) is 3.23. The van der Waals surface area contributed by atoms with E-state index in [4.69, 9.17) is 4.42 Å². The van der Waals surface area contributed by atoms with Crippen molar-refractivity contribution in [1.29, 1.82) is 0 Å². The van der Waals surface area contributed by atoms with Gasteiger partial charge in [-0.15, -0.1) is 0 Å². The zero-order valence-corrected chi connectivity index (χ0v) is 18.3. The number of furan rings is 1. The number of carbonyl (C=O) groups is 1. The molecule has 1 N–H and O–H groups in total. The fourth-order valence-corrected chi connectivity index (χ4v) is 8.40. The summed E-state index contributed by atoms with van der Waals surface area (Å²) in [4.78, 5) is 12.4. The van der Waals surface area contributed by atoms with Gasteiger partial charge in [-0.3, -0.25) is 0 Å². The lowest BCUT2D eigenvalue weighted by Gasteiger charge is -2.62. The van der Waals surface area contributed by atoms with E-state index >= 15 is 0 Å². The van der Waals surface area contributed by atoms with Crippen LogP contribution in [0.5, 0.6) is 0 Å². The second-order valence-electron chi connectivity index (χ2n) is 11.7. The molecule has 0 unspecified atom stereocenters. The second kappa shape index (κ2) is 6.45. The van der Waals surface area contributed by atoms with Crippen molar-refractivity contribution >= 4 is 6.29 Å². The number of hydrogen-bond donors (Lipinski definition) is 1. The monoisotopic (exact) mass is 386 g/mol. The summed E-state index contributed by atoms with van der Waals surface area (Å²) >= 11 is 0. The third-order valence-electron chi connectivity index (χ3n) is 9.73. The minimum absolute atomic E-state index is 0.110. The Hall–Kier alpha value is -1.09. The Morgan fingerprint density at radius 2 is 1.89 bits per heavy atom. The molecule has 3 saturated carbocycles. The number of carbonyl (C=O) groups excluding carboxylic acids is 1. The van der Waals surface area contributed by atoms with Gasteiger partial charge in [-0.2, -0.15) is 0 Å². The molecular weight excluding hydrogens is 348 g/mol. The van der Waals surface area contributed by atoms with Crippen LogP contribution >= 0.6 is 0 Å². The number of hydrogen-bond acceptors (Lipinski definition) is 3. The molecule has 0 amide bonds. The van der Waals surface area contributed by atoms with E-state index in [1.54, 1.807) is 12.5 Å². The van der Waals surface area contributed by atoms with E-state index in [0.29, 0.717) is 23.2 Å². The van der Waals surface area contributed by atoms with Gasteiger partial charge in [-0.05, 0) is 78.6 Å². The Morgan fingerprint density at radius 1 is 1.14 bits per heavy atom. The Kier molecular flexibility index (Phi) is 4.65. The fraction of sp³-hybridized carbons (Fsp3) is 0.800. The van der Waals surface area contributed by atoms with Crippen LogP contribution in [0.2, 0.25) is 0 Å². The Labute approximate surface area is 170 Å². The highest BCUT2D eigenvalue weighted by molar-refractivity contribution is 5.61. The van der Waals surface area contributed by atoms with Crippen molar-refractivity contribution in [3.8, 4) is 0 Å². The van der Waals surface area contributed by atoms with Gasteiger partial charge >= 0.3 is 0 Å². The van der Waals surface area contributed by atoms with Gasteiger partial charge < -0.3 is 14.3 Å². The summed E-state index contributed by atoms with van der Waals surface area (Å²) in [5.74, 6) is 1.49. The van der Waals surface area contributed by atoms with E-state index in [1.807, 2.05) is 6.07 Å². The highest BCUT2D eigenvalue weighted by atomic mass is 16.3. The van der Waals surface area contributed by atoms with E-state index in [1.165, 1.54) is 38.4 Å². The van der Waals surface area contributed by atoms with Gasteiger partial charge in [0.1, 0.15) is 6.29 Å². The first-order valence-corrected chi connectivity index (χ1v) is 11.2. The lowest BCUT2D eigenvalue weighted by molar-refractivity contribution is -0.130. The first kappa shape index (κ1) is 20.2. The Morgan fingerprint density at radius 3 is 2.54 bits per heavy atom. The van der Waals surface area contributed by atoms with Crippen molar-refractivity contribution in [2.24, 2.45) is 39.4 Å². The van der Waals surface area contributed by atoms with Crippen molar-refractivity contribution < 1.29 is 14.3 Å². The third-order valence-corrected chi connectivity index (χ3v) is 9.73. The van der Waals surface area contributed by atoms with Crippen LogP contribution in [0, 0.1) is 39.4 Å². The van der Waals surface area contributed by atoms with Crippen molar-refractivity contribution in [1.82, 2.24) is 0 Å². The minimum atomic E-state index is -0.563. The van der Waals surface area contributed by atoms with Crippen molar-refractivity contribution in [2.45, 2.75) is 85.7 Å². The van der Waals surface area contributed by atoms with Crippen molar-refractivity contribution in [2.75, 3.05) is 0 Å². The summed E-state index contributed by atoms with van der Waals surface area (Å²) in [5.41, 5.74) is 1.27. The molecule has 0 radical (unpaired) electrons. The topological polar surface area (TPSA) is 50.4 Å². The van der Waals surface area contributed by atoms with Crippen LogP contribution in [0.1, 0.15) is 91.2 Å². The summed E-state index contributed by atoms with van der Waals surface area (Å²) in [5, 5.41) is 10.9. The third kappa shape index (κ3) is 2.75. The molecule has 4 rings (SSSR count). The molecule has 3 nitrogen and oxygen atoms in total. The van der Waals surface area contributed by atoms with Gasteiger partial charge in [0.2, 0.25) is 0 Å². The van der Waals surface area contributed by atoms with Crippen LogP contribution in [0.25, 0.3) is 0 Å². The fourth-order valence-electron chi connectivity index (χ4n) is 8.40. The van der Waals surface area contributed by atoms with E-state index < -0.39 is 6.10 Å². The molecule has 1 aromatic heterocycles. The quantitative estimate of drug-likeness (QED) is 0.629. The minimum Gasteiger partial charge on any atom is -0.472 e. The number of aliphatic hydroxyl groups is 1. The maximum atomic E-state index is 12.4. The van der Waals surface area contributed by atoms with Crippen molar-refractivity contribution in [3.05, 3.63) is 24.2 Å². The van der Waals surface area contributed by atoms with Gasteiger partial charge in [0.25, 0.3) is 0 Å². The molecule has 3 heteroatoms. The lowest BCUT2D eigenvalue weighted by atomic mass is 9.43. The Balaban J connectivity index is 1.70. The average molecular weight is 387 g/mol. The molecule has 156 valence electrons. The first-order valence-electron chi connectivity index (χ1n) is 11.2. The van der Waals surface area contributed by atoms with Gasteiger partial charge in [0, 0.05) is 11.0 Å². The van der Waals surface area contributed by atoms with Crippen LogP contribution in [0.4, 0.5) is 0 Å². The van der Waals surface area contributed by atoms with Crippen LogP contribution in [-0.2, 0) is 4.79 Å². The summed E-state index contributed by atoms with van der Waals surface area (Å²) in [6.45, 7) is 12.0. The number of aldehydes is 1. The highest BCUT2D eigenvalue weighted by Crippen LogP contribution is 2.73. The second-order valence-corrected chi connectivity index (χ2v) is 11.7. The lowest BCUT2D eigenvalue weighted by Crippen LogP contribution is -2.54. The van der Waals surface area contributed by atoms with E-state index in [0.717, 1.165) is 17.9 Å². The highest BCUT2D eigenvalue weighted by Gasteiger charge is 2.67. The molecule has 1 aromatic rings. The van der Waals surface area contributed by atoms with Crippen molar-refractivity contribution in [3.63, 3.8) is 0 Å². The summed E-state index contributed by atoms with van der Waals surface area (Å²) < 4.78 is 5.19. The van der Waals surface area contributed by atoms with E-state index in [-0.39, 0.29) is 16.7 Å². The van der Waals surface area contributed by atoms with Gasteiger partial charge in [0.05, 0.1) is 18.6 Å². The maximum Gasteiger partial charge on any atom is 0.126 e. The number of fused-ring (bicyclic) bond motifs is 3.